The van der Waals surface area contributed by atoms with Crippen LogP contribution in [-0.2, 0) is 5.41 Å². The van der Waals surface area contributed by atoms with Crippen LogP contribution in [0.5, 0.6) is 5.75 Å². The fourth-order valence-corrected chi connectivity index (χ4v) is 1.03. The molecular formula is C10H16BrNO. The third kappa shape index (κ3) is 3.01. The maximum absolute atomic E-state index is 9.06. The molecule has 0 spiro atoms. The average molecular weight is 246 g/mol. The van der Waals surface area contributed by atoms with Gasteiger partial charge in [0.1, 0.15) is 5.75 Å². The first-order chi connectivity index (χ1) is 5.56. The number of rotatable bonds is 2. The SMILES string of the molecule is Br.CC(C)(CN)c1ccc(O)cc1. The lowest BCUT2D eigenvalue weighted by molar-refractivity contribution is 0.473. The molecule has 1 aromatic rings. The van der Waals surface area contributed by atoms with Crippen molar-refractivity contribution in [3.8, 4) is 5.75 Å². The van der Waals surface area contributed by atoms with Gasteiger partial charge in [-0.1, -0.05) is 26.0 Å². The normalized spacial score (nSPS) is 10.7. The van der Waals surface area contributed by atoms with Crippen LogP contribution >= 0.6 is 17.0 Å². The van der Waals surface area contributed by atoms with Gasteiger partial charge in [-0.15, -0.1) is 17.0 Å². The van der Waals surface area contributed by atoms with Crippen molar-refractivity contribution in [2.24, 2.45) is 5.73 Å². The van der Waals surface area contributed by atoms with E-state index >= 15 is 0 Å². The fraction of sp³-hybridized carbons (Fsp3) is 0.400. The number of aromatic hydroxyl groups is 1. The van der Waals surface area contributed by atoms with Crippen molar-refractivity contribution in [2.45, 2.75) is 19.3 Å². The molecular weight excluding hydrogens is 230 g/mol. The van der Waals surface area contributed by atoms with Gasteiger partial charge in [0, 0.05) is 12.0 Å². The van der Waals surface area contributed by atoms with E-state index in [1.54, 1.807) is 12.1 Å². The van der Waals surface area contributed by atoms with Gasteiger partial charge in [0.2, 0.25) is 0 Å². The van der Waals surface area contributed by atoms with Crippen LogP contribution in [0, 0.1) is 0 Å². The van der Waals surface area contributed by atoms with Crippen LogP contribution in [0.2, 0.25) is 0 Å². The van der Waals surface area contributed by atoms with Gasteiger partial charge in [0.05, 0.1) is 0 Å². The standard InChI is InChI=1S/C10H15NO.BrH/c1-10(2,7-11)8-3-5-9(12)6-4-8;/h3-6,12H,7,11H2,1-2H3;1H. The average Bonchev–Trinajstić information content (AvgIpc) is 2.05. The molecule has 2 nitrogen and oxygen atoms in total. The summed E-state index contributed by atoms with van der Waals surface area (Å²) in [5.74, 6) is 0.298. The smallest absolute Gasteiger partial charge is 0.115 e. The van der Waals surface area contributed by atoms with Crippen molar-refractivity contribution >= 4 is 17.0 Å². The summed E-state index contributed by atoms with van der Waals surface area (Å²) >= 11 is 0. The highest BCUT2D eigenvalue weighted by Crippen LogP contribution is 2.23. The van der Waals surface area contributed by atoms with Gasteiger partial charge in [0.25, 0.3) is 0 Å². The molecule has 1 rings (SSSR count). The summed E-state index contributed by atoms with van der Waals surface area (Å²) in [6.45, 7) is 4.77. The number of halogens is 1. The van der Waals surface area contributed by atoms with Crippen molar-refractivity contribution in [1.82, 2.24) is 0 Å². The van der Waals surface area contributed by atoms with E-state index in [1.165, 1.54) is 0 Å². The topological polar surface area (TPSA) is 46.2 Å². The number of benzene rings is 1. The van der Waals surface area contributed by atoms with Crippen LogP contribution in [-0.4, -0.2) is 11.7 Å². The largest absolute Gasteiger partial charge is 0.508 e. The van der Waals surface area contributed by atoms with E-state index in [9.17, 15) is 0 Å². The summed E-state index contributed by atoms with van der Waals surface area (Å²) in [4.78, 5) is 0. The van der Waals surface area contributed by atoms with Crippen molar-refractivity contribution in [1.29, 1.82) is 0 Å². The molecule has 0 aromatic heterocycles. The van der Waals surface area contributed by atoms with Gasteiger partial charge >= 0.3 is 0 Å². The highest BCUT2D eigenvalue weighted by Gasteiger charge is 2.17. The minimum atomic E-state index is -0.00625. The summed E-state index contributed by atoms with van der Waals surface area (Å²) in [6, 6.07) is 7.18. The number of phenolic OH excluding ortho intramolecular Hbond substituents is 1. The monoisotopic (exact) mass is 245 g/mol. The van der Waals surface area contributed by atoms with Gasteiger partial charge in [-0.3, -0.25) is 0 Å². The Balaban J connectivity index is 0.00000144. The van der Waals surface area contributed by atoms with Crippen LogP contribution in [0.4, 0.5) is 0 Å². The Hall–Kier alpha value is -0.540. The van der Waals surface area contributed by atoms with E-state index in [4.69, 9.17) is 10.8 Å². The predicted octanol–water partition coefficient (Wildman–Crippen LogP) is 2.21. The first-order valence-electron chi connectivity index (χ1n) is 4.06. The lowest BCUT2D eigenvalue weighted by atomic mass is 9.85. The quantitative estimate of drug-likeness (QED) is 0.840. The molecule has 3 N–H and O–H groups in total. The Morgan fingerprint density at radius 1 is 1.23 bits per heavy atom. The lowest BCUT2D eigenvalue weighted by Crippen LogP contribution is -2.27. The van der Waals surface area contributed by atoms with Crippen LogP contribution in [0.25, 0.3) is 0 Å². The Kier molecular flexibility index (Phi) is 4.44. The summed E-state index contributed by atoms with van der Waals surface area (Å²) in [5, 5.41) is 9.06. The van der Waals surface area contributed by atoms with Gasteiger partial charge in [0.15, 0.2) is 0 Å². The summed E-state index contributed by atoms with van der Waals surface area (Å²) in [5.41, 5.74) is 6.76. The zero-order valence-corrected chi connectivity index (χ0v) is 9.66. The summed E-state index contributed by atoms with van der Waals surface area (Å²) in [6.07, 6.45) is 0. The third-order valence-corrected chi connectivity index (χ3v) is 2.16. The summed E-state index contributed by atoms with van der Waals surface area (Å²) < 4.78 is 0. The fourth-order valence-electron chi connectivity index (χ4n) is 1.03. The minimum Gasteiger partial charge on any atom is -0.508 e. The maximum Gasteiger partial charge on any atom is 0.115 e. The van der Waals surface area contributed by atoms with Crippen LogP contribution < -0.4 is 5.73 Å². The zero-order chi connectivity index (χ0) is 9.19. The number of hydrogen-bond donors (Lipinski definition) is 2. The molecule has 3 heteroatoms. The molecule has 0 aliphatic carbocycles. The van der Waals surface area contributed by atoms with Gasteiger partial charge in [-0.05, 0) is 17.7 Å². The Bertz CT molecular complexity index is 256. The van der Waals surface area contributed by atoms with E-state index in [2.05, 4.69) is 13.8 Å². The van der Waals surface area contributed by atoms with E-state index in [0.29, 0.717) is 12.3 Å². The minimum absolute atomic E-state index is 0. The molecule has 74 valence electrons. The molecule has 0 bridgehead atoms. The Labute approximate surface area is 89.5 Å². The molecule has 0 aliphatic heterocycles. The second-order valence-electron chi connectivity index (χ2n) is 3.63. The third-order valence-electron chi connectivity index (χ3n) is 2.16. The molecule has 0 radical (unpaired) electrons. The molecule has 0 saturated heterocycles. The predicted molar refractivity (Wildman–Crippen MR) is 60.5 cm³/mol. The van der Waals surface area contributed by atoms with E-state index in [-0.39, 0.29) is 22.4 Å². The molecule has 0 atom stereocenters. The molecule has 0 unspecified atom stereocenters. The highest BCUT2D eigenvalue weighted by atomic mass is 79.9. The molecule has 0 saturated carbocycles. The Morgan fingerprint density at radius 3 is 2.08 bits per heavy atom. The number of hydrogen-bond acceptors (Lipinski definition) is 2. The zero-order valence-electron chi connectivity index (χ0n) is 7.95. The van der Waals surface area contributed by atoms with E-state index in [1.807, 2.05) is 12.1 Å². The van der Waals surface area contributed by atoms with Crippen LogP contribution in [0.3, 0.4) is 0 Å². The van der Waals surface area contributed by atoms with Crippen LogP contribution in [0.1, 0.15) is 19.4 Å². The molecule has 13 heavy (non-hydrogen) atoms. The van der Waals surface area contributed by atoms with Crippen molar-refractivity contribution in [3.05, 3.63) is 29.8 Å². The van der Waals surface area contributed by atoms with Gasteiger partial charge in [-0.2, -0.15) is 0 Å². The highest BCUT2D eigenvalue weighted by molar-refractivity contribution is 8.93. The molecule has 1 aromatic carbocycles. The second-order valence-corrected chi connectivity index (χ2v) is 3.63. The van der Waals surface area contributed by atoms with Crippen molar-refractivity contribution in [2.75, 3.05) is 6.54 Å². The number of phenols is 1. The maximum atomic E-state index is 9.06. The molecule has 0 fully saturated rings. The van der Waals surface area contributed by atoms with Crippen molar-refractivity contribution < 1.29 is 5.11 Å². The van der Waals surface area contributed by atoms with Crippen LogP contribution in [0.15, 0.2) is 24.3 Å². The van der Waals surface area contributed by atoms with Gasteiger partial charge < -0.3 is 10.8 Å². The first kappa shape index (κ1) is 12.5. The Morgan fingerprint density at radius 2 is 1.69 bits per heavy atom. The number of nitrogens with two attached hydrogens (primary N) is 1. The molecule has 0 heterocycles. The van der Waals surface area contributed by atoms with Crippen molar-refractivity contribution in [3.63, 3.8) is 0 Å². The van der Waals surface area contributed by atoms with E-state index in [0.717, 1.165) is 5.56 Å². The van der Waals surface area contributed by atoms with E-state index < -0.39 is 0 Å². The van der Waals surface area contributed by atoms with Gasteiger partial charge in [-0.25, -0.2) is 0 Å². The second kappa shape index (κ2) is 4.63. The summed E-state index contributed by atoms with van der Waals surface area (Å²) in [7, 11) is 0. The lowest BCUT2D eigenvalue weighted by Gasteiger charge is -2.22. The molecule has 0 amide bonds. The first-order valence-corrected chi connectivity index (χ1v) is 4.06. The molecule has 0 aliphatic rings.